The minimum atomic E-state index is -1.29. The molecule has 2 rings (SSSR count). The average Bonchev–Trinajstić information content (AvgIpc) is 2.53. The van der Waals surface area contributed by atoms with Crippen molar-refractivity contribution in [1.29, 1.82) is 0 Å². The normalized spacial score (nSPS) is 12.0. The maximum Gasteiger partial charge on any atom is 0.299 e. The van der Waals surface area contributed by atoms with E-state index in [0.717, 1.165) is 25.4 Å². The first-order valence-electron chi connectivity index (χ1n) is 6.58. The van der Waals surface area contributed by atoms with E-state index in [1.165, 1.54) is 12.1 Å². The molecule has 0 saturated carbocycles. The third-order valence-electron chi connectivity index (χ3n) is 3.33. The molecule has 7 nitrogen and oxygen atoms in total. The molecule has 1 aromatic heterocycles. The Morgan fingerprint density at radius 2 is 1.96 bits per heavy atom. The third kappa shape index (κ3) is 3.29. The molecule has 23 heavy (non-hydrogen) atoms. The van der Waals surface area contributed by atoms with Crippen molar-refractivity contribution in [2.45, 2.75) is 12.7 Å². The SMILES string of the molecule is CN(O)C(=O)c1ncc(C(O)c2ccc(F)cc2)c(CO)c1O. The van der Waals surface area contributed by atoms with Crippen molar-refractivity contribution in [1.82, 2.24) is 10.0 Å². The van der Waals surface area contributed by atoms with Crippen molar-refractivity contribution in [3.05, 3.63) is 58.7 Å². The van der Waals surface area contributed by atoms with Crippen molar-refractivity contribution in [3.8, 4) is 5.75 Å². The van der Waals surface area contributed by atoms with Crippen LogP contribution in [-0.4, -0.2) is 43.5 Å². The lowest BCUT2D eigenvalue weighted by Gasteiger charge is -2.18. The number of hydrogen-bond donors (Lipinski definition) is 4. The van der Waals surface area contributed by atoms with Crippen LogP contribution >= 0.6 is 0 Å². The van der Waals surface area contributed by atoms with E-state index in [1.54, 1.807) is 0 Å². The molecule has 1 aromatic carbocycles. The molecule has 0 aliphatic heterocycles. The van der Waals surface area contributed by atoms with Crippen molar-refractivity contribution in [3.63, 3.8) is 0 Å². The lowest BCUT2D eigenvalue weighted by atomic mass is 9.97. The number of pyridine rings is 1. The van der Waals surface area contributed by atoms with Gasteiger partial charge in [-0.25, -0.2) is 14.4 Å². The Bertz CT molecular complexity index is 719. The highest BCUT2D eigenvalue weighted by molar-refractivity contribution is 5.94. The van der Waals surface area contributed by atoms with Crippen LogP contribution in [-0.2, 0) is 6.61 Å². The Morgan fingerprint density at radius 3 is 2.48 bits per heavy atom. The Kier molecular flexibility index (Phi) is 4.89. The summed E-state index contributed by atoms with van der Waals surface area (Å²) < 4.78 is 12.9. The first-order chi connectivity index (χ1) is 10.9. The number of aliphatic hydroxyl groups is 2. The summed E-state index contributed by atoms with van der Waals surface area (Å²) in [5.41, 5.74) is -0.189. The summed E-state index contributed by atoms with van der Waals surface area (Å²) in [6.45, 7) is -0.669. The number of carbonyl (C=O) groups is 1. The fourth-order valence-electron chi connectivity index (χ4n) is 2.09. The van der Waals surface area contributed by atoms with E-state index in [2.05, 4.69) is 4.98 Å². The standard InChI is InChI=1S/C15H15FN2O5/c1-18(23)15(22)12-14(21)11(7-19)10(6-17-12)13(20)8-2-4-9(16)5-3-8/h2-6,13,19-21,23H,7H2,1H3. The second-order valence-corrected chi connectivity index (χ2v) is 4.83. The second kappa shape index (κ2) is 6.69. The molecule has 0 spiro atoms. The van der Waals surface area contributed by atoms with E-state index in [0.29, 0.717) is 5.56 Å². The van der Waals surface area contributed by atoms with E-state index >= 15 is 0 Å². The van der Waals surface area contributed by atoms with E-state index < -0.39 is 35.9 Å². The van der Waals surface area contributed by atoms with Gasteiger partial charge in [0.1, 0.15) is 11.9 Å². The van der Waals surface area contributed by atoms with Gasteiger partial charge in [0.25, 0.3) is 5.91 Å². The zero-order valence-electron chi connectivity index (χ0n) is 12.1. The van der Waals surface area contributed by atoms with Gasteiger partial charge in [0.05, 0.1) is 6.61 Å². The number of hydroxylamine groups is 2. The summed E-state index contributed by atoms with van der Waals surface area (Å²) in [6, 6.07) is 5.00. The highest BCUT2D eigenvalue weighted by Gasteiger charge is 2.24. The first kappa shape index (κ1) is 16.8. The topological polar surface area (TPSA) is 114 Å². The predicted octanol–water partition coefficient (Wildman–Crippen LogP) is 0.961. The molecule has 1 heterocycles. The van der Waals surface area contributed by atoms with Gasteiger partial charge in [-0.1, -0.05) is 12.1 Å². The fraction of sp³-hybridized carbons (Fsp3) is 0.200. The quantitative estimate of drug-likeness (QED) is 0.492. The predicted molar refractivity (Wildman–Crippen MR) is 76.2 cm³/mol. The Labute approximate surface area is 130 Å². The third-order valence-corrected chi connectivity index (χ3v) is 3.33. The van der Waals surface area contributed by atoms with E-state index in [4.69, 9.17) is 5.21 Å². The number of halogens is 1. The molecule has 4 N–H and O–H groups in total. The molecule has 0 fully saturated rings. The van der Waals surface area contributed by atoms with Crippen LogP contribution in [0.2, 0.25) is 0 Å². The molecule has 1 atom stereocenters. The zero-order valence-corrected chi connectivity index (χ0v) is 12.1. The summed E-state index contributed by atoms with van der Waals surface area (Å²) in [4.78, 5) is 15.4. The lowest BCUT2D eigenvalue weighted by molar-refractivity contribution is -0.0382. The van der Waals surface area contributed by atoms with Crippen LogP contribution in [0, 0.1) is 5.82 Å². The molecule has 0 bridgehead atoms. The second-order valence-electron chi connectivity index (χ2n) is 4.83. The Morgan fingerprint density at radius 1 is 1.35 bits per heavy atom. The van der Waals surface area contributed by atoms with E-state index in [-0.39, 0.29) is 16.2 Å². The van der Waals surface area contributed by atoms with Crippen LogP contribution in [0.1, 0.15) is 33.3 Å². The van der Waals surface area contributed by atoms with Gasteiger partial charge in [-0.2, -0.15) is 0 Å². The summed E-state index contributed by atoms with van der Waals surface area (Å²) in [5, 5.41) is 39.2. The molecule has 0 aliphatic carbocycles. The minimum Gasteiger partial charge on any atom is -0.505 e. The Hall–Kier alpha value is -2.55. The first-order valence-corrected chi connectivity index (χ1v) is 6.58. The fourth-order valence-corrected chi connectivity index (χ4v) is 2.09. The molecule has 2 aromatic rings. The summed E-state index contributed by atoms with van der Waals surface area (Å²) >= 11 is 0. The van der Waals surface area contributed by atoms with Gasteiger partial charge in [-0.15, -0.1) is 0 Å². The molecule has 0 aliphatic rings. The number of hydrogen-bond acceptors (Lipinski definition) is 6. The number of nitrogens with zero attached hydrogens (tertiary/aromatic N) is 2. The molecule has 1 amide bonds. The number of benzene rings is 1. The number of rotatable bonds is 4. The van der Waals surface area contributed by atoms with Crippen LogP contribution in [0.3, 0.4) is 0 Å². The summed E-state index contributed by atoms with van der Waals surface area (Å²) in [7, 11) is 1.06. The van der Waals surface area contributed by atoms with Gasteiger partial charge < -0.3 is 15.3 Å². The van der Waals surface area contributed by atoms with Crippen LogP contribution in [0.4, 0.5) is 4.39 Å². The summed E-state index contributed by atoms with van der Waals surface area (Å²) in [6.07, 6.45) is -0.178. The highest BCUT2D eigenvalue weighted by Crippen LogP contribution is 2.32. The summed E-state index contributed by atoms with van der Waals surface area (Å²) in [5.74, 6) is -2.09. The molecule has 0 saturated heterocycles. The molecule has 1 unspecified atom stereocenters. The molecular weight excluding hydrogens is 307 g/mol. The van der Waals surface area contributed by atoms with Crippen molar-refractivity contribution < 1.29 is 29.7 Å². The van der Waals surface area contributed by atoms with Gasteiger partial charge in [-0.3, -0.25) is 10.0 Å². The number of aromatic hydroxyl groups is 1. The monoisotopic (exact) mass is 322 g/mol. The lowest BCUT2D eigenvalue weighted by Crippen LogP contribution is -2.24. The average molecular weight is 322 g/mol. The van der Waals surface area contributed by atoms with E-state index in [9.17, 15) is 24.5 Å². The molecule has 0 radical (unpaired) electrons. The molecule has 8 heteroatoms. The van der Waals surface area contributed by atoms with Gasteiger partial charge in [-0.05, 0) is 17.7 Å². The van der Waals surface area contributed by atoms with Crippen molar-refractivity contribution in [2.24, 2.45) is 0 Å². The van der Waals surface area contributed by atoms with Crippen LogP contribution in [0.25, 0.3) is 0 Å². The van der Waals surface area contributed by atoms with E-state index in [1.807, 2.05) is 0 Å². The maximum atomic E-state index is 12.9. The number of amides is 1. The zero-order chi connectivity index (χ0) is 17.1. The van der Waals surface area contributed by atoms with Crippen LogP contribution < -0.4 is 0 Å². The van der Waals surface area contributed by atoms with Crippen LogP contribution in [0.5, 0.6) is 5.75 Å². The smallest absolute Gasteiger partial charge is 0.299 e. The maximum absolute atomic E-state index is 12.9. The Balaban J connectivity index is 2.49. The van der Waals surface area contributed by atoms with Gasteiger partial charge in [0.2, 0.25) is 0 Å². The molecular formula is C15H15FN2O5. The molecule has 122 valence electrons. The van der Waals surface area contributed by atoms with Crippen molar-refractivity contribution >= 4 is 5.91 Å². The van der Waals surface area contributed by atoms with Crippen molar-refractivity contribution in [2.75, 3.05) is 7.05 Å². The number of aliphatic hydroxyl groups excluding tert-OH is 2. The minimum absolute atomic E-state index is 0.0637. The van der Waals surface area contributed by atoms with Gasteiger partial charge in [0.15, 0.2) is 11.4 Å². The highest BCUT2D eigenvalue weighted by atomic mass is 19.1. The number of carbonyl (C=O) groups excluding carboxylic acids is 1. The van der Waals surface area contributed by atoms with Gasteiger partial charge in [0, 0.05) is 24.4 Å². The van der Waals surface area contributed by atoms with Crippen LogP contribution in [0.15, 0.2) is 30.5 Å². The van der Waals surface area contributed by atoms with Gasteiger partial charge >= 0.3 is 0 Å². The number of aromatic nitrogens is 1. The largest absolute Gasteiger partial charge is 0.505 e.